The Hall–Kier alpha value is -3.80. The molecule has 2 aromatic carbocycles. The predicted octanol–water partition coefficient (Wildman–Crippen LogP) is 4.56. The van der Waals surface area contributed by atoms with Crippen LogP contribution in [-0.4, -0.2) is 29.4 Å². The van der Waals surface area contributed by atoms with Gasteiger partial charge in [0.2, 0.25) is 0 Å². The maximum absolute atomic E-state index is 12.1. The molecule has 0 saturated heterocycles. The quantitative estimate of drug-likeness (QED) is 0.275. The zero-order valence-corrected chi connectivity index (χ0v) is 18.5. The highest BCUT2D eigenvalue weighted by molar-refractivity contribution is 6.00. The Bertz CT molecular complexity index is 1040. The van der Waals surface area contributed by atoms with Gasteiger partial charge in [0.25, 0.3) is 5.91 Å². The summed E-state index contributed by atoms with van der Waals surface area (Å²) in [4.78, 5) is 17.6. The lowest BCUT2D eigenvalue weighted by molar-refractivity contribution is -0.123. The van der Waals surface area contributed by atoms with Gasteiger partial charge in [0.15, 0.2) is 12.5 Å². The van der Waals surface area contributed by atoms with Gasteiger partial charge in [-0.2, -0.15) is 0 Å². The molecule has 6 nitrogen and oxygen atoms in total. The number of hydrogen-bond donors (Lipinski definition) is 1. The van der Waals surface area contributed by atoms with Crippen LogP contribution in [0.25, 0.3) is 6.08 Å². The average Bonchev–Trinajstić information content (AvgIpc) is 3.20. The molecule has 0 aliphatic rings. The summed E-state index contributed by atoms with van der Waals surface area (Å²) in [5, 5.41) is 7.13. The summed E-state index contributed by atoms with van der Waals surface area (Å²) < 4.78 is 7.53. The van der Waals surface area contributed by atoms with E-state index in [-0.39, 0.29) is 12.5 Å². The molecule has 0 unspecified atom stereocenters. The van der Waals surface area contributed by atoms with Crippen LogP contribution in [0, 0.1) is 0 Å². The summed E-state index contributed by atoms with van der Waals surface area (Å²) in [6.07, 6.45) is 6.56. The standard InChI is InChI=1S/C26H29N3O3/c1-3-24(28-32-16-10-15-21-11-6-4-7-12-21)23-17-26(29(2)19-23)31-20-25(30)27-18-22-13-8-5-9-14-22/h4-15,17,19H,3,16,18,20H2,1-2H3,(H,27,30)/b15-10+,28-24-. The molecule has 166 valence electrons. The SMILES string of the molecule is CC/C(=N/OC/C=C/c1ccccc1)c1cc(OCC(=O)NCc2ccccc2)n(C)c1. The first-order chi connectivity index (χ1) is 15.7. The highest BCUT2D eigenvalue weighted by Crippen LogP contribution is 2.17. The number of aryl methyl sites for hydroxylation is 1. The minimum atomic E-state index is -0.172. The van der Waals surface area contributed by atoms with Crippen molar-refractivity contribution in [3.63, 3.8) is 0 Å². The number of aromatic nitrogens is 1. The Morgan fingerprint density at radius 2 is 1.81 bits per heavy atom. The van der Waals surface area contributed by atoms with Crippen molar-refractivity contribution in [2.75, 3.05) is 13.2 Å². The first-order valence-electron chi connectivity index (χ1n) is 10.7. The summed E-state index contributed by atoms with van der Waals surface area (Å²) in [7, 11) is 1.87. The molecule has 0 atom stereocenters. The molecule has 6 heteroatoms. The molecular weight excluding hydrogens is 402 g/mol. The highest BCUT2D eigenvalue weighted by atomic mass is 16.6. The molecule has 0 fully saturated rings. The van der Waals surface area contributed by atoms with Crippen molar-refractivity contribution in [2.45, 2.75) is 19.9 Å². The predicted molar refractivity (Wildman–Crippen MR) is 127 cm³/mol. The summed E-state index contributed by atoms with van der Waals surface area (Å²) >= 11 is 0. The van der Waals surface area contributed by atoms with Gasteiger partial charge in [-0.15, -0.1) is 0 Å². The minimum absolute atomic E-state index is 0.0521. The Labute approximate surface area is 189 Å². The van der Waals surface area contributed by atoms with Gasteiger partial charge in [0.05, 0.1) is 5.71 Å². The van der Waals surface area contributed by atoms with Gasteiger partial charge in [0.1, 0.15) is 6.61 Å². The van der Waals surface area contributed by atoms with Crippen LogP contribution in [0.2, 0.25) is 0 Å². The van der Waals surface area contributed by atoms with Crippen molar-refractivity contribution in [1.29, 1.82) is 0 Å². The molecule has 32 heavy (non-hydrogen) atoms. The molecule has 3 aromatic rings. The van der Waals surface area contributed by atoms with Crippen LogP contribution >= 0.6 is 0 Å². The van der Waals surface area contributed by atoms with Gasteiger partial charge in [-0.25, -0.2) is 0 Å². The maximum Gasteiger partial charge on any atom is 0.258 e. The maximum atomic E-state index is 12.1. The molecular formula is C26H29N3O3. The molecule has 0 aliphatic heterocycles. The number of oxime groups is 1. The average molecular weight is 432 g/mol. The van der Waals surface area contributed by atoms with Gasteiger partial charge in [-0.05, 0) is 23.6 Å². The molecule has 1 N–H and O–H groups in total. The molecule has 0 aliphatic carbocycles. The lowest BCUT2D eigenvalue weighted by Crippen LogP contribution is -2.28. The Balaban J connectivity index is 1.49. The topological polar surface area (TPSA) is 64.8 Å². The van der Waals surface area contributed by atoms with Crippen LogP contribution in [-0.2, 0) is 23.2 Å². The molecule has 0 saturated carbocycles. The van der Waals surface area contributed by atoms with Crippen LogP contribution in [0.3, 0.4) is 0 Å². The molecule has 3 rings (SSSR count). The van der Waals surface area contributed by atoms with Crippen molar-refractivity contribution < 1.29 is 14.4 Å². The molecule has 0 radical (unpaired) electrons. The number of nitrogens with one attached hydrogen (secondary N) is 1. The van der Waals surface area contributed by atoms with Crippen molar-refractivity contribution in [3.05, 3.63) is 95.7 Å². The first-order valence-corrected chi connectivity index (χ1v) is 10.7. The van der Waals surface area contributed by atoms with E-state index in [1.54, 1.807) is 0 Å². The molecule has 1 heterocycles. The van der Waals surface area contributed by atoms with E-state index in [0.29, 0.717) is 25.5 Å². The van der Waals surface area contributed by atoms with E-state index in [2.05, 4.69) is 10.5 Å². The third kappa shape index (κ3) is 7.16. The van der Waals surface area contributed by atoms with Crippen molar-refractivity contribution in [3.8, 4) is 5.88 Å². The Morgan fingerprint density at radius 1 is 1.09 bits per heavy atom. The number of rotatable bonds is 11. The van der Waals surface area contributed by atoms with Crippen LogP contribution < -0.4 is 10.1 Å². The summed E-state index contributed by atoms with van der Waals surface area (Å²) in [6, 6.07) is 21.7. The molecule has 1 aromatic heterocycles. The molecule has 0 bridgehead atoms. The van der Waals surface area contributed by atoms with Gasteiger partial charge in [-0.3, -0.25) is 4.79 Å². The third-order valence-corrected chi connectivity index (χ3v) is 4.77. The van der Waals surface area contributed by atoms with Crippen LogP contribution in [0.15, 0.2) is 84.2 Å². The van der Waals surface area contributed by atoms with Crippen LogP contribution in [0.4, 0.5) is 0 Å². The summed E-state index contributed by atoms with van der Waals surface area (Å²) in [5.41, 5.74) is 3.89. The van der Waals surface area contributed by atoms with Gasteiger partial charge < -0.3 is 19.5 Å². The lowest BCUT2D eigenvalue weighted by atomic mass is 10.2. The van der Waals surface area contributed by atoms with Crippen LogP contribution in [0.5, 0.6) is 5.88 Å². The number of hydrogen-bond acceptors (Lipinski definition) is 4. The van der Waals surface area contributed by atoms with Crippen LogP contribution in [0.1, 0.15) is 30.0 Å². The second-order valence-corrected chi connectivity index (χ2v) is 7.23. The molecule has 0 spiro atoms. The van der Waals surface area contributed by atoms with E-state index in [1.807, 2.05) is 104 Å². The first kappa shape index (κ1) is 22.9. The van der Waals surface area contributed by atoms with Crippen molar-refractivity contribution in [2.24, 2.45) is 12.2 Å². The monoisotopic (exact) mass is 431 g/mol. The van der Waals surface area contributed by atoms with E-state index in [0.717, 1.165) is 22.4 Å². The number of benzene rings is 2. The number of carbonyl (C=O) groups is 1. The summed E-state index contributed by atoms with van der Waals surface area (Å²) in [5.74, 6) is 0.425. The zero-order valence-electron chi connectivity index (χ0n) is 18.5. The van der Waals surface area contributed by atoms with E-state index < -0.39 is 0 Å². The Morgan fingerprint density at radius 3 is 2.53 bits per heavy atom. The Kier molecular flexibility index (Phi) is 8.69. The number of carbonyl (C=O) groups excluding carboxylic acids is 1. The molecule has 1 amide bonds. The van der Waals surface area contributed by atoms with E-state index in [4.69, 9.17) is 9.57 Å². The third-order valence-electron chi connectivity index (χ3n) is 4.77. The van der Waals surface area contributed by atoms with Gasteiger partial charge in [0, 0.05) is 31.4 Å². The second kappa shape index (κ2) is 12.2. The van der Waals surface area contributed by atoms with Crippen molar-refractivity contribution in [1.82, 2.24) is 9.88 Å². The van der Waals surface area contributed by atoms with E-state index in [9.17, 15) is 4.79 Å². The summed E-state index contributed by atoms with van der Waals surface area (Å²) in [6.45, 7) is 2.83. The second-order valence-electron chi connectivity index (χ2n) is 7.23. The highest BCUT2D eigenvalue weighted by Gasteiger charge is 2.11. The lowest BCUT2D eigenvalue weighted by Gasteiger charge is -2.08. The number of amides is 1. The minimum Gasteiger partial charge on any atom is -0.469 e. The number of nitrogens with zero attached hydrogens (tertiary/aromatic N) is 2. The van der Waals surface area contributed by atoms with E-state index >= 15 is 0 Å². The van der Waals surface area contributed by atoms with E-state index in [1.165, 1.54) is 0 Å². The van der Waals surface area contributed by atoms with Gasteiger partial charge in [-0.1, -0.05) is 78.8 Å². The fourth-order valence-corrected chi connectivity index (χ4v) is 3.06. The van der Waals surface area contributed by atoms with Gasteiger partial charge >= 0.3 is 0 Å². The number of ether oxygens (including phenoxy) is 1. The normalized spacial score (nSPS) is 11.5. The largest absolute Gasteiger partial charge is 0.469 e. The fourth-order valence-electron chi connectivity index (χ4n) is 3.06. The van der Waals surface area contributed by atoms with Crippen molar-refractivity contribution >= 4 is 17.7 Å². The smallest absolute Gasteiger partial charge is 0.258 e. The zero-order chi connectivity index (χ0) is 22.6. The fraction of sp³-hybridized carbons (Fsp3) is 0.231.